The van der Waals surface area contributed by atoms with E-state index < -0.39 is 0 Å². The normalized spacial score (nSPS) is 14.1. The van der Waals surface area contributed by atoms with E-state index in [1.54, 1.807) is 7.11 Å². The first-order valence-electron chi connectivity index (χ1n) is 8.83. The molecule has 0 unspecified atom stereocenters. The van der Waals surface area contributed by atoms with Crippen LogP contribution in [-0.2, 0) is 33.1 Å². The van der Waals surface area contributed by atoms with E-state index >= 15 is 0 Å². The molecule has 0 radical (unpaired) electrons. The quantitative estimate of drug-likeness (QED) is 0.848. The van der Waals surface area contributed by atoms with Crippen molar-refractivity contribution in [2.75, 3.05) is 7.11 Å². The highest BCUT2D eigenvalue weighted by atomic mass is 35.5. The van der Waals surface area contributed by atoms with Crippen LogP contribution >= 0.6 is 12.4 Å². The number of methoxy groups -OCH3 is 1. The lowest BCUT2D eigenvalue weighted by Gasteiger charge is -2.10. The fraction of sp³-hybridized carbons (Fsp3) is 0.706. The Kier molecular flexibility index (Phi) is 6.84. The monoisotopic (exact) mass is 368 g/mol. The first-order valence-corrected chi connectivity index (χ1v) is 8.83. The van der Waals surface area contributed by atoms with Gasteiger partial charge in [0.15, 0.2) is 0 Å². The molecule has 1 N–H and O–H groups in total. The number of halogens is 1. The lowest BCUT2D eigenvalue weighted by Crippen LogP contribution is -2.18. The summed E-state index contributed by atoms with van der Waals surface area (Å²) in [5.74, 6) is 3.35. The summed E-state index contributed by atoms with van der Waals surface area (Å²) in [6, 6.07) is 0. The van der Waals surface area contributed by atoms with E-state index in [0.29, 0.717) is 19.0 Å². The zero-order valence-corrected chi connectivity index (χ0v) is 16.4. The van der Waals surface area contributed by atoms with E-state index in [1.165, 1.54) is 19.3 Å². The van der Waals surface area contributed by atoms with Crippen molar-refractivity contribution in [3.8, 4) is 5.88 Å². The molecular formula is C17H29ClN6O. The summed E-state index contributed by atoms with van der Waals surface area (Å²) in [6.45, 7) is 6.77. The third-order valence-corrected chi connectivity index (χ3v) is 4.63. The van der Waals surface area contributed by atoms with Crippen molar-refractivity contribution >= 4 is 12.4 Å². The molecule has 0 aromatic carbocycles. The Morgan fingerprint density at radius 3 is 2.68 bits per heavy atom. The standard InChI is InChI=1S/C17H28N6O.ClH/c1-12(2)16-13(17(24-4)22(3)21-16)10-18-11-15-20-19-14-8-6-5-7-9-23(14)15;/h12,18H,5-11H2,1-4H3;1H. The van der Waals surface area contributed by atoms with Crippen LogP contribution in [0.1, 0.15) is 61.9 Å². The molecule has 0 fully saturated rings. The number of nitrogens with zero attached hydrogens (tertiary/aromatic N) is 5. The molecule has 140 valence electrons. The second kappa shape index (κ2) is 8.67. The van der Waals surface area contributed by atoms with Gasteiger partial charge in [0.1, 0.15) is 11.6 Å². The summed E-state index contributed by atoms with van der Waals surface area (Å²) >= 11 is 0. The summed E-state index contributed by atoms with van der Waals surface area (Å²) in [5, 5.41) is 16.8. The van der Waals surface area contributed by atoms with Crippen LogP contribution in [0.3, 0.4) is 0 Å². The van der Waals surface area contributed by atoms with Gasteiger partial charge in [-0.3, -0.25) is 0 Å². The molecule has 0 bridgehead atoms. The minimum absolute atomic E-state index is 0. The number of nitrogens with one attached hydrogen (secondary N) is 1. The van der Waals surface area contributed by atoms with Crippen LogP contribution in [-0.4, -0.2) is 31.7 Å². The molecule has 0 atom stereocenters. The van der Waals surface area contributed by atoms with Gasteiger partial charge < -0.3 is 14.6 Å². The molecule has 3 rings (SSSR count). The highest BCUT2D eigenvalue weighted by Gasteiger charge is 2.19. The molecule has 1 aliphatic heterocycles. The average molecular weight is 369 g/mol. The van der Waals surface area contributed by atoms with Gasteiger partial charge in [0.25, 0.3) is 0 Å². The van der Waals surface area contributed by atoms with Gasteiger partial charge in [-0.2, -0.15) is 5.10 Å². The van der Waals surface area contributed by atoms with Crippen molar-refractivity contribution in [3.05, 3.63) is 22.9 Å². The average Bonchev–Trinajstić information content (AvgIpc) is 2.99. The Hall–Kier alpha value is -1.60. The Morgan fingerprint density at radius 2 is 1.96 bits per heavy atom. The Balaban J connectivity index is 0.00000225. The molecule has 0 aliphatic carbocycles. The molecule has 1 aliphatic rings. The third-order valence-electron chi connectivity index (χ3n) is 4.63. The molecule has 2 aromatic heterocycles. The maximum atomic E-state index is 5.53. The SMILES string of the molecule is COc1c(CNCc2nnc3n2CCCCC3)c(C(C)C)nn1C.Cl. The Bertz CT molecular complexity index is 694. The fourth-order valence-corrected chi connectivity index (χ4v) is 3.43. The summed E-state index contributed by atoms with van der Waals surface area (Å²) in [6.07, 6.45) is 4.75. The maximum absolute atomic E-state index is 5.53. The molecule has 0 saturated heterocycles. The van der Waals surface area contributed by atoms with Gasteiger partial charge in [-0.05, 0) is 18.8 Å². The number of ether oxygens (including phenoxy) is 1. The van der Waals surface area contributed by atoms with Gasteiger partial charge in [-0.1, -0.05) is 20.3 Å². The van der Waals surface area contributed by atoms with Crippen LogP contribution in [0, 0.1) is 0 Å². The van der Waals surface area contributed by atoms with Crippen LogP contribution < -0.4 is 10.1 Å². The minimum atomic E-state index is 0. The first kappa shape index (κ1) is 19.7. The highest BCUT2D eigenvalue weighted by molar-refractivity contribution is 5.85. The van der Waals surface area contributed by atoms with Crippen molar-refractivity contribution < 1.29 is 4.74 Å². The molecule has 0 spiro atoms. The number of rotatable bonds is 6. The number of hydrogen-bond acceptors (Lipinski definition) is 5. The highest BCUT2D eigenvalue weighted by Crippen LogP contribution is 2.27. The van der Waals surface area contributed by atoms with E-state index in [4.69, 9.17) is 4.74 Å². The van der Waals surface area contributed by atoms with Crippen molar-refractivity contribution in [1.29, 1.82) is 0 Å². The van der Waals surface area contributed by atoms with Crippen LogP contribution in [0.4, 0.5) is 0 Å². The topological polar surface area (TPSA) is 69.8 Å². The van der Waals surface area contributed by atoms with Gasteiger partial charge in [-0.15, -0.1) is 22.6 Å². The Labute approximate surface area is 155 Å². The minimum Gasteiger partial charge on any atom is -0.481 e. The van der Waals surface area contributed by atoms with Gasteiger partial charge in [0.2, 0.25) is 5.88 Å². The van der Waals surface area contributed by atoms with Crippen molar-refractivity contribution in [3.63, 3.8) is 0 Å². The summed E-state index contributed by atoms with van der Waals surface area (Å²) < 4.78 is 9.63. The molecule has 8 heteroatoms. The number of aryl methyl sites for hydroxylation is 2. The molecular weight excluding hydrogens is 340 g/mol. The van der Waals surface area contributed by atoms with E-state index in [0.717, 1.165) is 41.8 Å². The van der Waals surface area contributed by atoms with Crippen LogP contribution in [0.25, 0.3) is 0 Å². The smallest absolute Gasteiger partial charge is 0.216 e. The van der Waals surface area contributed by atoms with Gasteiger partial charge >= 0.3 is 0 Å². The predicted octanol–water partition coefficient (Wildman–Crippen LogP) is 2.58. The molecule has 0 amide bonds. The summed E-state index contributed by atoms with van der Waals surface area (Å²) in [7, 11) is 3.62. The summed E-state index contributed by atoms with van der Waals surface area (Å²) in [5.41, 5.74) is 2.22. The van der Waals surface area contributed by atoms with E-state index in [-0.39, 0.29) is 12.4 Å². The second-order valence-corrected chi connectivity index (χ2v) is 6.75. The van der Waals surface area contributed by atoms with E-state index in [9.17, 15) is 0 Å². The molecule has 0 saturated carbocycles. The Morgan fingerprint density at radius 1 is 1.16 bits per heavy atom. The number of aromatic nitrogens is 5. The van der Waals surface area contributed by atoms with Crippen LogP contribution in [0.5, 0.6) is 5.88 Å². The van der Waals surface area contributed by atoms with E-state index in [2.05, 4.69) is 39.0 Å². The fourth-order valence-electron chi connectivity index (χ4n) is 3.43. The van der Waals surface area contributed by atoms with Crippen LogP contribution in [0.2, 0.25) is 0 Å². The van der Waals surface area contributed by atoms with Gasteiger partial charge in [-0.25, -0.2) is 4.68 Å². The molecule has 3 heterocycles. The predicted molar refractivity (Wildman–Crippen MR) is 99.2 cm³/mol. The second-order valence-electron chi connectivity index (χ2n) is 6.75. The first-order chi connectivity index (χ1) is 11.6. The summed E-state index contributed by atoms with van der Waals surface area (Å²) in [4.78, 5) is 0. The molecule has 7 nitrogen and oxygen atoms in total. The van der Waals surface area contributed by atoms with Gasteiger partial charge in [0.05, 0.1) is 24.9 Å². The van der Waals surface area contributed by atoms with Gasteiger partial charge in [0, 0.05) is 26.6 Å². The molecule has 25 heavy (non-hydrogen) atoms. The zero-order chi connectivity index (χ0) is 17.1. The van der Waals surface area contributed by atoms with Crippen molar-refractivity contribution in [2.24, 2.45) is 7.05 Å². The zero-order valence-electron chi connectivity index (χ0n) is 15.6. The number of hydrogen-bond donors (Lipinski definition) is 1. The maximum Gasteiger partial charge on any atom is 0.216 e. The van der Waals surface area contributed by atoms with E-state index in [1.807, 2.05) is 11.7 Å². The van der Waals surface area contributed by atoms with Crippen molar-refractivity contribution in [1.82, 2.24) is 29.9 Å². The lowest BCUT2D eigenvalue weighted by molar-refractivity contribution is 0.367. The molecule has 2 aromatic rings. The third kappa shape index (κ3) is 4.15. The van der Waals surface area contributed by atoms with Crippen molar-refractivity contribution in [2.45, 2.75) is 65.1 Å². The lowest BCUT2D eigenvalue weighted by atomic mass is 10.1. The van der Waals surface area contributed by atoms with Crippen LogP contribution in [0.15, 0.2) is 0 Å². The number of fused-ring (bicyclic) bond motifs is 1. The largest absolute Gasteiger partial charge is 0.481 e.